The minimum atomic E-state index is -0.676. The van der Waals surface area contributed by atoms with Gasteiger partial charge in [0, 0.05) is 6.54 Å². The lowest BCUT2D eigenvalue weighted by Crippen LogP contribution is -2.16. The summed E-state index contributed by atoms with van der Waals surface area (Å²) < 4.78 is 12.9. The van der Waals surface area contributed by atoms with Crippen molar-refractivity contribution in [1.82, 2.24) is 19.5 Å². The van der Waals surface area contributed by atoms with Crippen molar-refractivity contribution in [1.29, 1.82) is 0 Å². The highest BCUT2D eigenvalue weighted by Gasteiger charge is 2.29. The fraction of sp³-hybridized carbons (Fsp3) is 0.450. The molecule has 9 heteroatoms. The quantitative estimate of drug-likeness (QED) is 0.549. The fourth-order valence-corrected chi connectivity index (χ4v) is 2.97. The number of ether oxygens (including phenoxy) is 2. The summed E-state index contributed by atoms with van der Waals surface area (Å²) in [7, 11) is 0. The van der Waals surface area contributed by atoms with Crippen molar-refractivity contribution < 1.29 is 14.6 Å². The van der Waals surface area contributed by atoms with E-state index in [-0.39, 0.29) is 19.3 Å². The number of nitrogens with zero attached hydrogens (tertiary/aromatic N) is 4. The van der Waals surface area contributed by atoms with E-state index in [4.69, 9.17) is 15.2 Å². The van der Waals surface area contributed by atoms with Crippen molar-refractivity contribution in [3.63, 3.8) is 0 Å². The molecule has 4 rings (SSSR count). The number of fused-ring (bicyclic) bond motifs is 1. The fourth-order valence-electron chi connectivity index (χ4n) is 2.97. The molecule has 3 aromatic rings. The van der Waals surface area contributed by atoms with Gasteiger partial charge in [0.25, 0.3) is 0 Å². The predicted octanol–water partition coefficient (Wildman–Crippen LogP) is 1.83. The number of nitrogens with one attached hydrogen (secondary N) is 1. The standard InChI is InChI=1S/C18H22N6O3.C2H6/c19-8-14-22-16(20-7-6-12-4-2-1-3-5-12)15-17(23-14)24(11-21-15)18-26-10-13(9-25)27-18;1-2/h1-5,11,13,18,25H,6-10,19H2,(H,20,22,23);1-2H3. The lowest BCUT2D eigenvalue weighted by atomic mass is 10.1. The first-order chi connectivity index (χ1) is 14.3. The van der Waals surface area contributed by atoms with Crippen LogP contribution in [0.25, 0.3) is 11.2 Å². The van der Waals surface area contributed by atoms with E-state index in [0.717, 1.165) is 6.42 Å². The second-order valence-corrected chi connectivity index (χ2v) is 6.26. The maximum Gasteiger partial charge on any atom is 0.247 e. The summed E-state index contributed by atoms with van der Waals surface area (Å²) in [6.07, 6.45) is 1.43. The van der Waals surface area contributed by atoms with Crippen molar-refractivity contribution >= 4 is 17.0 Å². The van der Waals surface area contributed by atoms with E-state index >= 15 is 0 Å². The highest BCUT2D eigenvalue weighted by molar-refractivity contribution is 5.83. The van der Waals surface area contributed by atoms with E-state index < -0.39 is 6.41 Å². The van der Waals surface area contributed by atoms with E-state index in [1.807, 2.05) is 32.0 Å². The van der Waals surface area contributed by atoms with Gasteiger partial charge >= 0.3 is 0 Å². The molecule has 0 radical (unpaired) electrons. The normalized spacial score (nSPS) is 18.5. The first-order valence-electron chi connectivity index (χ1n) is 9.87. The lowest BCUT2D eigenvalue weighted by Gasteiger charge is -2.13. The average Bonchev–Trinajstić information content (AvgIpc) is 3.42. The van der Waals surface area contributed by atoms with Gasteiger partial charge in [-0.1, -0.05) is 44.2 Å². The monoisotopic (exact) mass is 400 g/mol. The first-order valence-corrected chi connectivity index (χ1v) is 9.87. The molecule has 1 aliphatic rings. The third-order valence-electron chi connectivity index (χ3n) is 4.36. The van der Waals surface area contributed by atoms with Gasteiger partial charge in [-0.2, -0.15) is 0 Å². The number of benzene rings is 1. The third-order valence-corrected chi connectivity index (χ3v) is 4.36. The van der Waals surface area contributed by atoms with Crippen LogP contribution in [0.1, 0.15) is 31.6 Å². The van der Waals surface area contributed by atoms with Gasteiger partial charge in [-0.15, -0.1) is 0 Å². The molecular weight excluding hydrogens is 372 g/mol. The summed E-state index contributed by atoms with van der Waals surface area (Å²) in [6.45, 7) is 5.13. The zero-order valence-electron chi connectivity index (χ0n) is 16.8. The topological polar surface area (TPSA) is 120 Å². The third kappa shape index (κ3) is 4.88. The maximum absolute atomic E-state index is 9.23. The Labute approximate surface area is 169 Å². The number of imidazole rings is 1. The number of aromatic nitrogens is 4. The van der Waals surface area contributed by atoms with E-state index in [9.17, 15) is 5.11 Å². The van der Waals surface area contributed by atoms with Gasteiger partial charge in [-0.05, 0) is 12.0 Å². The molecule has 0 saturated carbocycles. The van der Waals surface area contributed by atoms with Crippen molar-refractivity contribution in [3.8, 4) is 0 Å². The zero-order valence-corrected chi connectivity index (χ0v) is 16.8. The molecule has 9 nitrogen and oxygen atoms in total. The molecule has 29 heavy (non-hydrogen) atoms. The second kappa shape index (κ2) is 10.3. The van der Waals surface area contributed by atoms with Crippen molar-refractivity contribution in [2.45, 2.75) is 39.3 Å². The van der Waals surface area contributed by atoms with Gasteiger partial charge in [0.1, 0.15) is 18.3 Å². The van der Waals surface area contributed by atoms with Crippen LogP contribution in [-0.4, -0.2) is 50.5 Å². The largest absolute Gasteiger partial charge is 0.394 e. The molecule has 1 fully saturated rings. The van der Waals surface area contributed by atoms with Gasteiger partial charge in [0.05, 0.1) is 19.8 Å². The summed E-state index contributed by atoms with van der Waals surface area (Å²) in [5, 5.41) is 12.6. The smallest absolute Gasteiger partial charge is 0.247 e. The summed E-state index contributed by atoms with van der Waals surface area (Å²) in [4.78, 5) is 13.4. The number of aliphatic hydroxyl groups is 1. The minimum absolute atomic E-state index is 0.0988. The number of hydrogen-bond donors (Lipinski definition) is 3. The molecule has 3 heterocycles. The van der Waals surface area contributed by atoms with Gasteiger partial charge in [0.15, 0.2) is 17.0 Å². The molecule has 0 amide bonds. The first kappa shape index (κ1) is 21.1. The summed E-state index contributed by atoms with van der Waals surface area (Å²) in [5.74, 6) is 1.13. The molecule has 4 N–H and O–H groups in total. The Morgan fingerprint density at radius 1 is 1.24 bits per heavy atom. The Bertz CT molecular complexity index is 902. The number of hydrogen-bond acceptors (Lipinski definition) is 8. The molecule has 2 unspecified atom stereocenters. The molecule has 0 aliphatic carbocycles. The Kier molecular flexibility index (Phi) is 7.48. The summed E-state index contributed by atoms with van der Waals surface area (Å²) in [5.41, 5.74) is 8.21. The molecule has 1 aliphatic heterocycles. The van der Waals surface area contributed by atoms with Crippen LogP contribution in [0.4, 0.5) is 5.82 Å². The van der Waals surface area contributed by atoms with E-state index in [0.29, 0.717) is 36.0 Å². The lowest BCUT2D eigenvalue weighted by molar-refractivity contribution is -0.117. The highest BCUT2D eigenvalue weighted by Crippen LogP contribution is 2.27. The van der Waals surface area contributed by atoms with Crippen LogP contribution in [0.3, 0.4) is 0 Å². The number of aliphatic hydroxyl groups excluding tert-OH is 1. The van der Waals surface area contributed by atoms with Crippen LogP contribution in [0, 0.1) is 0 Å². The molecule has 0 bridgehead atoms. The number of anilines is 1. The van der Waals surface area contributed by atoms with E-state index in [1.165, 1.54) is 5.56 Å². The van der Waals surface area contributed by atoms with Gasteiger partial charge in [-0.3, -0.25) is 4.57 Å². The average molecular weight is 400 g/mol. The molecular formula is C20H28N6O3. The van der Waals surface area contributed by atoms with Gasteiger partial charge in [-0.25, -0.2) is 15.0 Å². The van der Waals surface area contributed by atoms with Crippen molar-refractivity contribution in [2.24, 2.45) is 5.73 Å². The summed E-state index contributed by atoms with van der Waals surface area (Å²) in [6, 6.07) is 10.2. The van der Waals surface area contributed by atoms with Gasteiger partial charge in [0.2, 0.25) is 6.41 Å². The highest BCUT2D eigenvalue weighted by atomic mass is 16.7. The summed E-state index contributed by atoms with van der Waals surface area (Å²) >= 11 is 0. The van der Waals surface area contributed by atoms with E-state index in [1.54, 1.807) is 10.9 Å². The second-order valence-electron chi connectivity index (χ2n) is 6.26. The number of rotatable bonds is 7. The molecule has 2 aromatic heterocycles. The SMILES string of the molecule is CC.NCc1nc(NCCc2ccccc2)c2ncn(C3OCC(CO)O3)c2n1. The number of nitrogens with two attached hydrogens (primary N) is 1. The van der Waals surface area contributed by atoms with Crippen LogP contribution in [0.2, 0.25) is 0 Å². The van der Waals surface area contributed by atoms with Crippen molar-refractivity contribution in [3.05, 3.63) is 48.0 Å². The molecule has 0 spiro atoms. The molecule has 2 atom stereocenters. The Morgan fingerprint density at radius 3 is 2.72 bits per heavy atom. The maximum atomic E-state index is 9.23. The predicted molar refractivity (Wildman–Crippen MR) is 110 cm³/mol. The van der Waals surface area contributed by atoms with Crippen molar-refractivity contribution in [2.75, 3.05) is 25.1 Å². The molecule has 156 valence electrons. The zero-order chi connectivity index (χ0) is 20.6. The van der Waals surface area contributed by atoms with Crippen LogP contribution in [0.15, 0.2) is 36.7 Å². The molecule has 1 saturated heterocycles. The van der Waals surface area contributed by atoms with E-state index in [2.05, 4.69) is 32.4 Å². The minimum Gasteiger partial charge on any atom is -0.394 e. The van der Waals surface area contributed by atoms with Crippen LogP contribution >= 0.6 is 0 Å². The van der Waals surface area contributed by atoms with Crippen LogP contribution < -0.4 is 11.1 Å². The Balaban J connectivity index is 0.00000117. The van der Waals surface area contributed by atoms with Crippen LogP contribution in [-0.2, 0) is 22.4 Å². The van der Waals surface area contributed by atoms with Gasteiger partial charge < -0.3 is 25.6 Å². The Hall–Kier alpha value is -2.59. The van der Waals surface area contributed by atoms with Crippen LogP contribution in [0.5, 0.6) is 0 Å². The molecule has 1 aromatic carbocycles. The Morgan fingerprint density at radius 2 is 2.03 bits per heavy atom.